The molecular formula is C22H26N4O2. The number of carbonyl (C=O) groups is 1. The number of hydrogen-bond acceptors (Lipinski definition) is 4. The standard InChI is InChI=1S/C22H26N4O2/c1-17-6-4-8-19(14-17)28-16-18-7-5-12-25(15-18)22(27)11-13-26-21-10-3-2-9-20(21)23-24-26/h2-4,6,8-10,14,18H,5,7,11-13,15-16H2,1H3. The van der Waals surface area contributed by atoms with E-state index in [4.69, 9.17) is 4.74 Å². The van der Waals surface area contributed by atoms with Gasteiger partial charge >= 0.3 is 0 Å². The zero-order valence-electron chi connectivity index (χ0n) is 16.3. The number of fused-ring (bicyclic) bond motifs is 1. The summed E-state index contributed by atoms with van der Waals surface area (Å²) in [6.07, 6.45) is 2.57. The number of aromatic nitrogens is 3. The summed E-state index contributed by atoms with van der Waals surface area (Å²) >= 11 is 0. The van der Waals surface area contributed by atoms with Crippen molar-refractivity contribution in [2.75, 3.05) is 19.7 Å². The van der Waals surface area contributed by atoms with Crippen molar-refractivity contribution in [1.29, 1.82) is 0 Å². The maximum Gasteiger partial charge on any atom is 0.224 e. The highest BCUT2D eigenvalue weighted by atomic mass is 16.5. The van der Waals surface area contributed by atoms with Crippen molar-refractivity contribution >= 4 is 16.9 Å². The first-order chi connectivity index (χ1) is 13.7. The second-order valence-corrected chi connectivity index (χ2v) is 7.53. The number of rotatable bonds is 6. The van der Waals surface area contributed by atoms with Gasteiger partial charge in [0.2, 0.25) is 5.91 Å². The molecule has 1 unspecified atom stereocenters. The van der Waals surface area contributed by atoms with Gasteiger partial charge in [-0.2, -0.15) is 0 Å². The van der Waals surface area contributed by atoms with Crippen LogP contribution in [0.5, 0.6) is 5.75 Å². The van der Waals surface area contributed by atoms with Crippen LogP contribution in [0.3, 0.4) is 0 Å². The molecule has 28 heavy (non-hydrogen) atoms. The van der Waals surface area contributed by atoms with Crippen LogP contribution < -0.4 is 4.74 Å². The monoisotopic (exact) mass is 378 g/mol. The van der Waals surface area contributed by atoms with Gasteiger partial charge in [0.25, 0.3) is 0 Å². The number of carbonyl (C=O) groups excluding carboxylic acids is 1. The van der Waals surface area contributed by atoms with E-state index in [9.17, 15) is 4.79 Å². The number of hydrogen-bond donors (Lipinski definition) is 0. The second-order valence-electron chi connectivity index (χ2n) is 7.53. The summed E-state index contributed by atoms with van der Waals surface area (Å²) < 4.78 is 7.78. The summed E-state index contributed by atoms with van der Waals surface area (Å²) in [6, 6.07) is 15.9. The molecule has 1 amide bonds. The first kappa shape index (κ1) is 18.5. The Hall–Kier alpha value is -2.89. The molecule has 0 bridgehead atoms. The summed E-state index contributed by atoms with van der Waals surface area (Å²) in [7, 11) is 0. The third-order valence-electron chi connectivity index (χ3n) is 5.30. The fraction of sp³-hybridized carbons (Fsp3) is 0.409. The van der Waals surface area contributed by atoms with Crippen LogP contribution in [0.1, 0.15) is 24.8 Å². The number of piperidine rings is 1. The van der Waals surface area contributed by atoms with Crippen molar-refractivity contribution in [2.24, 2.45) is 5.92 Å². The van der Waals surface area contributed by atoms with Crippen molar-refractivity contribution in [1.82, 2.24) is 19.9 Å². The lowest BCUT2D eigenvalue weighted by atomic mass is 9.98. The molecule has 0 spiro atoms. The molecular weight excluding hydrogens is 352 g/mol. The predicted octanol–water partition coefficient (Wildman–Crippen LogP) is 3.45. The first-order valence-corrected chi connectivity index (χ1v) is 9.94. The van der Waals surface area contributed by atoms with Gasteiger partial charge in [-0.3, -0.25) is 4.79 Å². The van der Waals surface area contributed by atoms with Gasteiger partial charge in [-0.1, -0.05) is 29.5 Å². The van der Waals surface area contributed by atoms with E-state index < -0.39 is 0 Å². The maximum atomic E-state index is 12.7. The van der Waals surface area contributed by atoms with E-state index in [-0.39, 0.29) is 5.91 Å². The normalized spacial score (nSPS) is 17.0. The molecule has 0 saturated carbocycles. The highest BCUT2D eigenvalue weighted by Crippen LogP contribution is 2.20. The summed E-state index contributed by atoms with van der Waals surface area (Å²) in [4.78, 5) is 14.7. The van der Waals surface area contributed by atoms with Gasteiger partial charge in [-0.05, 0) is 49.6 Å². The fourth-order valence-corrected chi connectivity index (χ4v) is 3.79. The summed E-state index contributed by atoms with van der Waals surface area (Å²) in [5.74, 6) is 1.46. The van der Waals surface area contributed by atoms with E-state index in [0.717, 1.165) is 42.7 Å². The third-order valence-corrected chi connectivity index (χ3v) is 5.30. The Balaban J connectivity index is 1.29. The molecule has 1 saturated heterocycles. The van der Waals surface area contributed by atoms with E-state index in [1.165, 1.54) is 5.56 Å². The van der Waals surface area contributed by atoms with Crippen molar-refractivity contribution in [3.63, 3.8) is 0 Å². The molecule has 146 valence electrons. The zero-order valence-corrected chi connectivity index (χ0v) is 16.3. The summed E-state index contributed by atoms with van der Waals surface area (Å²) in [5.41, 5.74) is 3.03. The number of nitrogens with zero attached hydrogens (tertiary/aromatic N) is 4. The quantitative estimate of drug-likeness (QED) is 0.659. The molecule has 1 aromatic heterocycles. The van der Waals surface area contributed by atoms with Crippen LogP contribution in [-0.2, 0) is 11.3 Å². The van der Waals surface area contributed by atoms with Crippen LogP contribution in [-0.4, -0.2) is 45.5 Å². The Morgan fingerprint density at radius 1 is 1.21 bits per heavy atom. The summed E-state index contributed by atoms with van der Waals surface area (Å²) in [6.45, 7) is 4.87. The van der Waals surface area contributed by atoms with Gasteiger partial charge in [-0.15, -0.1) is 5.10 Å². The fourth-order valence-electron chi connectivity index (χ4n) is 3.79. The van der Waals surface area contributed by atoms with Crippen LogP contribution >= 0.6 is 0 Å². The van der Waals surface area contributed by atoms with Crippen LogP contribution in [0.2, 0.25) is 0 Å². The highest BCUT2D eigenvalue weighted by Gasteiger charge is 2.24. The van der Waals surface area contributed by atoms with Gasteiger partial charge in [0, 0.05) is 25.4 Å². The number of para-hydroxylation sites is 1. The SMILES string of the molecule is Cc1cccc(OCC2CCCN(C(=O)CCn3nnc4ccccc43)C2)c1. The molecule has 1 aliphatic rings. The third kappa shape index (κ3) is 4.32. The van der Waals surface area contributed by atoms with E-state index in [0.29, 0.717) is 25.5 Å². The maximum absolute atomic E-state index is 12.7. The molecule has 1 atom stereocenters. The van der Waals surface area contributed by atoms with Crippen molar-refractivity contribution < 1.29 is 9.53 Å². The van der Waals surface area contributed by atoms with Crippen LogP contribution in [0.25, 0.3) is 11.0 Å². The largest absolute Gasteiger partial charge is 0.493 e. The van der Waals surface area contributed by atoms with Crippen LogP contribution in [0.15, 0.2) is 48.5 Å². The Bertz CT molecular complexity index is 952. The minimum absolute atomic E-state index is 0.180. The molecule has 2 heterocycles. The lowest BCUT2D eigenvalue weighted by Gasteiger charge is -2.32. The van der Waals surface area contributed by atoms with Gasteiger partial charge < -0.3 is 9.64 Å². The first-order valence-electron chi connectivity index (χ1n) is 9.94. The van der Waals surface area contributed by atoms with E-state index in [1.54, 1.807) is 0 Å². The van der Waals surface area contributed by atoms with Crippen molar-refractivity contribution in [3.8, 4) is 5.75 Å². The Morgan fingerprint density at radius 3 is 3.00 bits per heavy atom. The molecule has 4 rings (SSSR count). The lowest BCUT2D eigenvalue weighted by molar-refractivity contribution is -0.133. The minimum Gasteiger partial charge on any atom is -0.493 e. The molecule has 0 N–H and O–H groups in total. The lowest BCUT2D eigenvalue weighted by Crippen LogP contribution is -2.41. The van der Waals surface area contributed by atoms with Crippen molar-refractivity contribution in [3.05, 3.63) is 54.1 Å². The minimum atomic E-state index is 0.180. The van der Waals surface area contributed by atoms with Gasteiger partial charge in [-0.25, -0.2) is 4.68 Å². The van der Waals surface area contributed by atoms with E-state index >= 15 is 0 Å². The second kappa shape index (κ2) is 8.42. The van der Waals surface area contributed by atoms with E-state index in [2.05, 4.69) is 23.3 Å². The van der Waals surface area contributed by atoms with Crippen LogP contribution in [0.4, 0.5) is 0 Å². The average Bonchev–Trinajstić information content (AvgIpc) is 3.14. The Kier molecular flexibility index (Phi) is 5.55. The molecule has 6 nitrogen and oxygen atoms in total. The Labute approximate surface area is 165 Å². The van der Waals surface area contributed by atoms with Crippen molar-refractivity contribution in [2.45, 2.75) is 32.7 Å². The number of likely N-dealkylation sites (tertiary alicyclic amines) is 1. The van der Waals surface area contributed by atoms with E-state index in [1.807, 2.05) is 52.0 Å². The number of aryl methyl sites for hydroxylation is 2. The number of amides is 1. The molecule has 0 aliphatic carbocycles. The average molecular weight is 378 g/mol. The predicted molar refractivity (Wildman–Crippen MR) is 108 cm³/mol. The molecule has 0 radical (unpaired) electrons. The molecule has 1 aliphatic heterocycles. The Morgan fingerprint density at radius 2 is 2.11 bits per heavy atom. The number of benzene rings is 2. The summed E-state index contributed by atoms with van der Waals surface area (Å²) in [5, 5.41) is 8.33. The van der Waals surface area contributed by atoms with Gasteiger partial charge in [0.15, 0.2) is 0 Å². The smallest absolute Gasteiger partial charge is 0.224 e. The highest BCUT2D eigenvalue weighted by molar-refractivity contribution is 5.77. The topological polar surface area (TPSA) is 60.2 Å². The number of ether oxygens (including phenoxy) is 1. The van der Waals surface area contributed by atoms with Crippen LogP contribution in [0, 0.1) is 12.8 Å². The molecule has 6 heteroatoms. The van der Waals surface area contributed by atoms with Gasteiger partial charge in [0.1, 0.15) is 11.3 Å². The molecule has 2 aromatic carbocycles. The molecule has 1 fully saturated rings. The molecule has 3 aromatic rings. The van der Waals surface area contributed by atoms with Gasteiger partial charge in [0.05, 0.1) is 18.7 Å². The zero-order chi connectivity index (χ0) is 19.3.